The lowest BCUT2D eigenvalue weighted by molar-refractivity contribution is -0.133. The number of aldehydes is 1. The number of aliphatic hydroxyl groups is 1. The Bertz CT molecular complexity index is 487. The van der Waals surface area contributed by atoms with E-state index in [1.807, 2.05) is 0 Å². The highest BCUT2D eigenvalue weighted by Crippen LogP contribution is 2.29. The Balaban J connectivity index is 1.47. The molecule has 3 saturated heterocycles. The van der Waals surface area contributed by atoms with E-state index < -0.39 is 0 Å². The van der Waals surface area contributed by atoms with Crippen molar-refractivity contribution in [3.63, 3.8) is 0 Å². The molecule has 0 aliphatic carbocycles. The van der Waals surface area contributed by atoms with E-state index in [1.165, 1.54) is 6.42 Å². The van der Waals surface area contributed by atoms with Crippen LogP contribution in [0.3, 0.4) is 0 Å². The van der Waals surface area contributed by atoms with Crippen LogP contribution in [0.1, 0.15) is 77.0 Å². The molecule has 0 aromatic rings. The second-order valence-electron chi connectivity index (χ2n) is 8.71. The molecule has 0 saturated carbocycles. The van der Waals surface area contributed by atoms with E-state index in [9.17, 15) is 14.7 Å². The van der Waals surface area contributed by atoms with Crippen LogP contribution in [-0.4, -0.2) is 66.3 Å². The molecule has 1 amide bonds. The summed E-state index contributed by atoms with van der Waals surface area (Å²) in [7, 11) is 0. The molecule has 6 nitrogen and oxygen atoms in total. The van der Waals surface area contributed by atoms with E-state index >= 15 is 0 Å². The van der Waals surface area contributed by atoms with Gasteiger partial charge >= 0.3 is 0 Å². The minimum absolute atomic E-state index is 0.00166. The highest BCUT2D eigenvalue weighted by molar-refractivity contribution is 5.83. The number of carbonyl (C=O) groups excluding carboxylic acids is 2. The fourth-order valence-electron chi connectivity index (χ4n) is 4.93. The third kappa shape index (κ3) is 6.01. The van der Waals surface area contributed by atoms with E-state index in [4.69, 9.17) is 9.47 Å². The van der Waals surface area contributed by atoms with Crippen molar-refractivity contribution < 1.29 is 24.2 Å². The van der Waals surface area contributed by atoms with E-state index in [1.54, 1.807) is 4.90 Å². The van der Waals surface area contributed by atoms with Crippen LogP contribution in [0.15, 0.2) is 0 Å². The van der Waals surface area contributed by atoms with Crippen molar-refractivity contribution in [2.45, 2.75) is 101 Å². The average molecular weight is 396 g/mol. The molecule has 5 atom stereocenters. The van der Waals surface area contributed by atoms with Gasteiger partial charge in [0.15, 0.2) is 0 Å². The summed E-state index contributed by atoms with van der Waals surface area (Å²) in [6, 6.07) is -0.260. The van der Waals surface area contributed by atoms with E-state index in [0.29, 0.717) is 19.4 Å². The highest BCUT2D eigenvalue weighted by Gasteiger charge is 2.35. The molecule has 3 rings (SSSR count). The molecule has 3 fully saturated rings. The average Bonchev–Trinajstić information content (AvgIpc) is 3.10. The molecule has 28 heavy (non-hydrogen) atoms. The highest BCUT2D eigenvalue weighted by atomic mass is 16.5. The normalized spacial score (nSPS) is 31.0. The molecular weight excluding hydrogens is 358 g/mol. The van der Waals surface area contributed by atoms with Crippen LogP contribution in [0.4, 0.5) is 0 Å². The standard InChI is InChI=1S/C22H37NO5/c24-16-18-11-12-22(26)23(18)15-17(20-9-3-5-13-27-20)7-1-2-8-19(25)21-10-4-6-14-28-21/h16-21,25H,1-15H2. The second kappa shape index (κ2) is 11.3. The predicted octanol–water partition coefficient (Wildman–Crippen LogP) is 2.85. The minimum Gasteiger partial charge on any atom is -0.390 e. The van der Waals surface area contributed by atoms with Crippen LogP contribution in [0, 0.1) is 5.92 Å². The van der Waals surface area contributed by atoms with Gasteiger partial charge in [-0.05, 0) is 57.8 Å². The van der Waals surface area contributed by atoms with Crippen molar-refractivity contribution in [1.82, 2.24) is 4.90 Å². The van der Waals surface area contributed by atoms with Crippen molar-refractivity contribution in [1.29, 1.82) is 0 Å². The number of ether oxygens (including phenoxy) is 2. The van der Waals surface area contributed by atoms with Gasteiger partial charge in [-0.25, -0.2) is 0 Å². The Morgan fingerprint density at radius 1 is 1.00 bits per heavy atom. The van der Waals surface area contributed by atoms with Crippen LogP contribution < -0.4 is 0 Å². The van der Waals surface area contributed by atoms with Crippen molar-refractivity contribution >= 4 is 12.2 Å². The van der Waals surface area contributed by atoms with Gasteiger partial charge in [0.25, 0.3) is 0 Å². The first-order chi connectivity index (χ1) is 13.7. The minimum atomic E-state index is -0.371. The topological polar surface area (TPSA) is 76.1 Å². The number of likely N-dealkylation sites (tertiary alicyclic amines) is 1. The fraction of sp³-hybridized carbons (Fsp3) is 0.909. The third-order valence-electron chi connectivity index (χ3n) is 6.67. The van der Waals surface area contributed by atoms with Gasteiger partial charge < -0.3 is 24.3 Å². The maximum Gasteiger partial charge on any atom is 0.223 e. The van der Waals surface area contributed by atoms with Crippen LogP contribution in [0.2, 0.25) is 0 Å². The summed E-state index contributed by atoms with van der Waals surface area (Å²) in [5.41, 5.74) is 0. The van der Waals surface area contributed by atoms with Gasteiger partial charge in [0, 0.05) is 32.1 Å². The Labute approximate surface area is 168 Å². The molecule has 1 N–H and O–H groups in total. The lowest BCUT2D eigenvalue weighted by Gasteiger charge is -2.34. The van der Waals surface area contributed by atoms with E-state index in [-0.39, 0.29) is 36.2 Å². The zero-order valence-corrected chi connectivity index (χ0v) is 17.1. The van der Waals surface area contributed by atoms with Gasteiger partial charge in [-0.2, -0.15) is 0 Å². The number of unbranched alkanes of at least 4 members (excludes halogenated alkanes) is 1. The summed E-state index contributed by atoms with van der Waals surface area (Å²) < 4.78 is 11.7. The Morgan fingerprint density at radius 3 is 2.32 bits per heavy atom. The molecule has 5 unspecified atom stereocenters. The number of hydrogen-bond donors (Lipinski definition) is 1. The molecule has 0 spiro atoms. The summed E-state index contributed by atoms with van der Waals surface area (Å²) >= 11 is 0. The summed E-state index contributed by atoms with van der Waals surface area (Å²) in [6.45, 7) is 2.19. The molecule has 0 radical (unpaired) electrons. The van der Waals surface area contributed by atoms with Crippen molar-refractivity contribution in [3.05, 3.63) is 0 Å². The molecule has 3 aliphatic heterocycles. The monoisotopic (exact) mass is 395 g/mol. The number of aliphatic hydroxyl groups excluding tert-OH is 1. The molecule has 0 aromatic heterocycles. The maximum atomic E-state index is 12.2. The van der Waals surface area contributed by atoms with Crippen LogP contribution >= 0.6 is 0 Å². The second-order valence-corrected chi connectivity index (χ2v) is 8.71. The molecule has 0 bridgehead atoms. The molecular formula is C22H37NO5. The smallest absolute Gasteiger partial charge is 0.223 e. The van der Waals surface area contributed by atoms with E-state index in [2.05, 4.69) is 0 Å². The first-order valence-corrected chi connectivity index (χ1v) is 11.3. The number of hydrogen-bond acceptors (Lipinski definition) is 5. The largest absolute Gasteiger partial charge is 0.390 e. The van der Waals surface area contributed by atoms with E-state index in [0.717, 1.165) is 77.3 Å². The zero-order valence-electron chi connectivity index (χ0n) is 17.1. The number of carbonyl (C=O) groups is 2. The quantitative estimate of drug-likeness (QED) is 0.455. The molecule has 6 heteroatoms. The zero-order chi connectivity index (χ0) is 19.8. The lowest BCUT2D eigenvalue weighted by atomic mass is 9.89. The number of nitrogens with zero attached hydrogens (tertiary/aromatic N) is 1. The molecule has 160 valence electrons. The van der Waals surface area contributed by atoms with Crippen LogP contribution in [0.25, 0.3) is 0 Å². The Kier molecular flexibility index (Phi) is 8.74. The first-order valence-electron chi connectivity index (χ1n) is 11.3. The van der Waals surface area contributed by atoms with Gasteiger partial charge in [-0.1, -0.05) is 12.8 Å². The van der Waals surface area contributed by atoms with Gasteiger partial charge in [-0.15, -0.1) is 0 Å². The van der Waals surface area contributed by atoms with Crippen molar-refractivity contribution in [3.8, 4) is 0 Å². The summed E-state index contributed by atoms with van der Waals surface area (Å²) in [5.74, 6) is 0.371. The Hall–Kier alpha value is -0.980. The van der Waals surface area contributed by atoms with Gasteiger partial charge in [0.1, 0.15) is 6.29 Å². The van der Waals surface area contributed by atoms with Gasteiger partial charge in [0.05, 0.1) is 24.4 Å². The lowest BCUT2D eigenvalue weighted by Crippen LogP contribution is -2.42. The fourth-order valence-corrected chi connectivity index (χ4v) is 4.93. The van der Waals surface area contributed by atoms with Crippen LogP contribution in [-0.2, 0) is 19.1 Å². The summed E-state index contributed by atoms with van der Waals surface area (Å²) in [5, 5.41) is 10.4. The summed E-state index contributed by atoms with van der Waals surface area (Å²) in [4.78, 5) is 25.4. The van der Waals surface area contributed by atoms with Gasteiger partial charge in [0.2, 0.25) is 5.91 Å². The maximum absolute atomic E-state index is 12.2. The SMILES string of the molecule is O=CC1CCC(=O)N1CC(CCCCC(O)C1CCCCO1)C1CCCCO1. The third-order valence-corrected chi connectivity index (χ3v) is 6.67. The molecule has 3 aliphatic rings. The van der Waals surface area contributed by atoms with Gasteiger partial charge in [-0.3, -0.25) is 4.79 Å². The predicted molar refractivity (Wildman–Crippen MR) is 106 cm³/mol. The number of amides is 1. The molecule has 3 heterocycles. The van der Waals surface area contributed by atoms with Crippen molar-refractivity contribution in [2.75, 3.05) is 19.8 Å². The first kappa shape index (κ1) is 21.7. The Morgan fingerprint density at radius 2 is 1.68 bits per heavy atom. The number of rotatable bonds is 10. The van der Waals surface area contributed by atoms with Crippen LogP contribution in [0.5, 0.6) is 0 Å². The molecule has 0 aromatic carbocycles. The van der Waals surface area contributed by atoms with Crippen molar-refractivity contribution in [2.24, 2.45) is 5.92 Å². The summed E-state index contributed by atoms with van der Waals surface area (Å²) in [6.07, 6.45) is 12.1.